The summed E-state index contributed by atoms with van der Waals surface area (Å²) in [4.78, 5) is 5.14. The van der Waals surface area contributed by atoms with Crippen molar-refractivity contribution in [2.24, 2.45) is 5.73 Å². The van der Waals surface area contributed by atoms with Crippen LogP contribution in [0.3, 0.4) is 0 Å². The fourth-order valence-corrected chi connectivity index (χ4v) is 2.47. The van der Waals surface area contributed by atoms with Gasteiger partial charge in [-0.15, -0.1) is 5.10 Å². The smallest absolute Gasteiger partial charge is 0.271 e. The van der Waals surface area contributed by atoms with E-state index in [9.17, 15) is 0 Å². The molecule has 2 N–H and O–H groups in total. The van der Waals surface area contributed by atoms with E-state index in [1.807, 2.05) is 13.8 Å². The maximum Gasteiger partial charge on any atom is 0.271 e. The highest BCUT2D eigenvalue weighted by atomic mass is 32.1. The van der Waals surface area contributed by atoms with Crippen LogP contribution in [-0.2, 0) is 10.2 Å². The molecule has 0 aliphatic heterocycles. The Morgan fingerprint density at radius 3 is 2.67 bits per heavy atom. The van der Waals surface area contributed by atoms with Crippen molar-refractivity contribution in [3.63, 3.8) is 0 Å². The quantitative estimate of drug-likeness (QED) is 0.904. The maximum atomic E-state index is 6.00. The van der Waals surface area contributed by atoms with Crippen LogP contribution in [0.5, 0.6) is 0 Å². The molecule has 0 amide bonds. The maximum absolute atomic E-state index is 6.00. The summed E-state index contributed by atoms with van der Waals surface area (Å²) < 4.78 is 14.8. The topological polar surface area (TPSA) is 100.0 Å². The van der Waals surface area contributed by atoms with Gasteiger partial charge in [0.05, 0.1) is 24.4 Å². The predicted octanol–water partition coefficient (Wildman–Crippen LogP) is 2.31. The molecule has 0 aliphatic rings. The molecular weight excluding hydrogens is 290 g/mol. The lowest BCUT2D eigenvalue weighted by atomic mass is 9.91. The van der Waals surface area contributed by atoms with E-state index in [1.54, 1.807) is 0 Å². The zero-order valence-corrected chi connectivity index (χ0v) is 13.8. The number of aromatic nitrogens is 4. The van der Waals surface area contributed by atoms with Gasteiger partial charge in [0.1, 0.15) is 4.88 Å². The van der Waals surface area contributed by atoms with Crippen LogP contribution in [0.4, 0.5) is 0 Å². The number of rotatable bonds is 5. The van der Waals surface area contributed by atoms with Gasteiger partial charge >= 0.3 is 0 Å². The third kappa shape index (κ3) is 3.84. The van der Waals surface area contributed by atoms with Crippen molar-refractivity contribution < 1.29 is 9.26 Å². The van der Waals surface area contributed by atoms with Crippen LogP contribution in [0.2, 0.25) is 0 Å². The van der Waals surface area contributed by atoms with E-state index in [4.69, 9.17) is 15.0 Å². The van der Waals surface area contributed by atoms with Crippen LogP contribution in [0.1, 0.15) is 52.2 Å². The van der Waals surface area contributed by atoms with Crippen molar-refractivity contribution in [3.05, 3.63) is 11.5 Å². The van der Waals surface area contributed by atoms with E-state index in [1.165, 1.54) is 11.5 Å². The Hall–Kier alpha value is -1.38. The van der Waals surface area contributed by atoms with Gasteiger partial charge in [0.25, 0.3) is 5.89 Å². The summed E-state index contributed by atoms with van der Waals surface area (Å²) in [6, 6.07) is -0.413. The van der Waals surface area contributed by atoms with E-state index in [-0.39, 0.29) is 11.5 Å². The first-order valence-electron chi connectivity index (χ1n) is 6.83. The fourth-order valence-electron chi connectivity index (χ4n) is 1.67. The number of nitrogens with two attached hydrogens (primary N) is 1. The fraction of sp³-hybridized carbons (Fsp3) is 0.692. The molecule has 116 valence electrons. The molecule has 7 nitrogen and oxygen atoms in total. The Morgan fingerprint density at radius 2 is 2.05 bits per heavy atom. The lowest BCUT2D eigenvalue weighted by Gasteiger charge is -2.14. The first-order chi connectivity index (χ1) is 9.79. The Bertz CT molecular complexity index is 587. The van der Waals surface area contributed by atoms with Gasteiger partial charge in [0.2, 0.25) is 0 Å². The first-order valence-corrected chi connectivity index (χ1v) is 7.60. The van der Waals surface area contributed by atoms with Crippen molar-refractivity contribution in [1.82, 2.24) is 19.7 Å². The molecular formula is C13H21N5O2S. The van der Waals surface area contributed by atoms with Gasteiger partial charge in [0, 0.05) is 5.41 Å². The molecule has 1 atom stereocenters. The zero-order valence-electron chi connectivity index (χ0n) is 13.0. The lowest BCUT2D eigenvalue weighted by Crippen LogP contribution is -2.20. The molecule has 2 aromatic rings. The van der Waals surface area contributed by atoms with Crippen LogP contribution >= 0.6 is 11.5 Å². The number of ether oxygens (including phenoxy) is 1. The minimum absolute atomic E-state index is 0.112. The summed E-state index contributed by atoms with van der Waals surface area (Å²) in [5, 5.41) is 8.10. The monoisotopic (exact) mass is 311 g/mol. The SMILES string of the molecule is CC(C)OCC(N)c1noc(-c2snnc2C(C)(C)C)n1. The summed E-state index contributed by atoms with van der Waals surface area (Å²) in [6.45, 7) is 10.4. The predicted molar refractivity (Wildman–Crippen MR) is 79.9 cm³/mol. The van der Waals surface area contributed by atoms with Gasteiger partial charge in [0.15, 0.2) is 5.82 Å². The third-order valence-corrected chi connectivity index (χ3v) is 3.49. The van der Waals surface area contributed by atoms with Crippen molar-refractivity contribution in [1.29, 1.82) is 0 Å². The summed E-state index contributed by atoms with van der Waals surface area (Å²) >= 11 is 1.24. The average Bonchev–Trinajstić information content (AvgIpc) is 3.02. The van der Waals surface area contributed by atoms with Crippen molar-refractivity contribution in [3.8, 4) is 10.8 Å². The molecule has 8 heteroatoms. The number of hydrogen-bond acceptors (Lipinski definition) is 8. The number of hydrogen-bond donors (Lipinski definition) is 1. The Morgan fingerprint density at radius 1 is 1.33 bits per heavy atom. The summed E-state index contributed by atoms with van der Waals surface area (Å²) in [6.07, 6.45) is 0.112. The molecule has 1 unspecified atom stereocenters. The molecule has 0 saturated carbocycles. The summed E-state index contributed by atoms with van der Waals surface area (Å²) in [5.41, 5.74) is 6.70. The molecule has 21 heavy (non-hydrogen) atoms. The van der Waals surface area contributed by atoms with E-state index in [2.05, 4.69) is 40.5 Å². The Balaban J connectivity index is 2.19. The molecule has 2 rings (SSSR count). The lowest BCUT2D eigenvalue weighted by molar-refractivity contribution is 0.0665. The highest BCUT2D eigenvalue weighted by Crippen LogP contribution is 2.33. The van der Waals surface area contributed by atoms with Crippen molar-refractivity contribution in [2.75, 3.05) is 6.61 Å². The largest absolute Gasteiger partial charge is 0.377 e. The van der Waals surface area contributed by atoms with Gasteiger partial charge in [-0.1, -0.05) is 30.4 Å². The van der Waals surface area contributed by atoms with Crippen LogP contribution < -0.4 is 5.73 Å². The molecule has 0 spiro atoms. The van der Waals surface area contributed by atoms with Crippen LogP contribution in [0.25, 0.3) is 10.8 Å². The third-order valence-electron chi connectivity index (χ3n) is 2.78. The van der Waals surface area contributed by atoms with Crippen LogP contribution in [0.15, 0.2) is 4.52 Å². The molecule has 0 aromatic carbocycles. The Labute approximate surface area is 128 Å². The molecule has 0 bridgehead atoms. The highest BCUT2D eigenvalue weighted by molar-refractivity contribution is 7.09. The standard InChI is InChI=1S/C13H21N5O2S/c1-7(2)19-6-8(14)11-15-12(20-17-11)9-10(13(3,4)5)16-18-21-9/h7-8H,6,14H2,1-5H3. The molecule has 0 radical (unpaired) electrons. The van der Waals surface area contributed by atoms with Gasteiger partial charge in [-0.3, -0.25) is 0 Å². The van der Waals surface area contributed by atoms with E-state index in [0.29, 0.717) is 18.3 Å². The second kappa shape index (κ2) is 6.17. The van der Waals surface area contributed by atoms with Gasteiger partial charge in [-0.2, -0.15) is 4.98 Å². The second-order valence-electron chi connectivity index (χ2n) is 6.15. The van der Waals surface area contributed by atoms with E-state index in [0.717, 1.165) is 10.6 Å². The second-order valence-corrected chi connectivity index (χ2v) is 6.90. The normalized spacial score (nSPS) is 13.9. The molecule has 0 saturated heterocycles. The average molecular weight is 311 g/mol. The molecule has 2 heterocycles. The van der Waals surface area contributed by atoms with Crippen molar-refractivity contribution in [2.45, 2.75) is 52.2 Å². The molecule has 0 fully saturated rings. The summed E-state index contributed by atoms with van der Waals surface area (Å²) in [7, 11) is 0. The van der Waals surface area contributed by atoms with Gasteiger partial charge in [-0.05, 0) is 25.4 Å². The number of nitrogens with zero attached hydrogens (tertiary/aromatic N) is 4. The van der Waals surface area contributed by atoms with Crippen LogP contribution in [0, 0.1) is 0 Å². The Kier molecular flexibility index (Phi) is 4.70. The van der Waals surface area contributed by atoms with Gasteiger partial charge in [-0.25, -0.2) is 0 Å². The summed E-state index contributed by atoms with van der Waals surface area (Å²) in [5.74, 6) is 0.837. The molecule has 2 aromatic heterocycles. The minimum atomic E-state index is -0.413. The van der Waals surface area contributed by atoms with E-state index < -0.39 is 6.04 Å². The van der Waals surface area contributed by atoms with E-state index >= 15 is 0 Å². The first kappa shape index (κ1) is 16.0. The van der Waals surface area contributed by atoms with Gasteiger partial charge < -0.3 is 15.0 Å². The highest BCUT2D eigenvalue weighted by Gasteiger charge is 2.27. The van der Waals surface area contributed by atoms with Crippen molar-refractivity contribution >= 4 is 11.5 Å². The minimum Gasteiger partial charge on any atom is -0.377 e. The van der Waals surface area contributed by atoms with Crippen LogP contribution in [-0.4, -0.2) is 32.4 Å². The molecule has 0 aliphatic carbocycles. The zero-order chi connectivity index (χ0) is 15.6.